The number of hydrogen-bond acceptors (Lipinski definition) is 2. The minimum atomic E-state index is 0.442. The Morgan fingerprint density at radius 2 is 2.31 bits per heavy atom. The third-order valence-electron chi connectivity index (χ3n) is 2.93. The lowest BCUT2D eigenvalue weighted by Crippen LogP contribution is -2.30. The minimum Gasteiger partial charge on any atom is -0.383 e. The molecule has 1 atom stereocenters. The molecule has 0 amide bonds. The number of anilines is 1. The molecule has 0 fully saturated rings. The number of benzene rings is 1. The van der Waals surface area contributed by atoms with E-state index in [0.29, 0.717) is 12.0 Å². The predicted molar refractivity (Wildman–Crippen MR) is 70.1 cm³/mol. The van der Waals surface area contributed by atoms with Crippen molar-refractivity contribution in [2.45, 2.75) is 26.3 Å². The van der Waals surface area contributed by atoms with Crippen molar-refractivity contribution in [3.63, 3.8) is 0 Å². The molecule has 0 saturated carbocycles. The van der Waals surface area contributed by atoms with E-state index in [1.54, 1.807) is 0 Å². The first-order chi connectivity index (χ1) is 7.68. The van der Waals surface area contributed by atoms with E-state index >= 15 is 0 Å². The Labute approximate surface area is 102 Å². The third-order valence-corrected chi connectivity index (χ3v) is 3.24. The number of halogens is 1. The molecule has 88 valence electrons. The fraction of sp³-hybridized carbons (Fsp3) is 0.538. The molecule has 2 nitrogen and oxygen atoms in total. The van der Waals surface area contributed by atoms with E-state index in [1.165, 1.54) is 5.56 Å². The van der Waals surface area contributed by atoms with Gasteiger partial charge in [-0.15, -0.1) is 0 Å². The average Bonchev–Trinajstić information content (AvgIpc) is 2.27. The van der Waals surface area contributed by atoms with Crippen LogP contribution in [0.4, 0.5) is 5.69 Å². The molecule has 2 N–H and O–H groups in total. The minimum absolute atomic E-state index is 0.442. The smallest absolute Gasteiger partial charge is 0.0640 e. The summed E-state index contributed by atoms with van der Waals surface area (Å²) in [7, 11) is 0. The van der Waals surface area contributed by atoms with E-state index in [9.17, 15) is 0 Å². The van der Waals surface area contributed by atoms with Gasteiger partial charge >= 0.3 is 0 Å². The summed E-state index contributed by atoms with van der Waals surface area (Å²) in [4.78, 5) is 0. The van der Waals surface area contributed by atoms with Gasteiger partial charge in [0.1, 0.15) is 0 Å². The molecule has 0 bridgehead atoms. The van der Waals surface area contributed by atoms with Crippen LogP contribution >= 0.6 is 11.6 Å². The van der Waals surface area contributed by atoms with Gasteiger partial charge in [0.15, 0.2) is 0 Å². The van der Waals surface area contributed by atoms with E-state index in [2.05, 4.69) is 30.5 Å². The van der Waals surface area contributed by atoms with E-state index in [-0.39, 0.29) is 0 Å². The van der Waals surface area contributed by atoms with Crippen LogP contribution in [0, 0.1) is 5.92 Å². The van der Waals surface area contributed by atoms with Gasteiger partial charge in [-0.05, 0) is 30.5 Å². The Morgan fingerprint density at radius 1 is 1.50 bits per heavy atom. The average molecular weight is 239 g/mol. The zero-order chi connectivity index (χ0) is 11.5. The second-order valence-electron chi connectivity index (χ2n) is 4.77. The van der Waals surface area contributed by atoms with Crippen molar-refractivity contribution in [3.05, 3.63) is 28.8 Å². The lowest BCUT2D eigenvalue weighted by molar-refractivity contribution is 0.454. The first-order valence-electron chi connectivity index (χ1n) is 5.94. The standard InChI is InChI=1S/C13H19ClN2/c1-9(2)8-16-12-6-7-15-13-10(12)4-3-5-11(13)14/h3-5,9,12,15-16H,6-8H2,1-2H3. The third kappa shape index (κ3) is 2.50. The maximum absolute atomic E-state index is 6.18. The highest BCUT2D eigenvalue weighted by Gasteiger charge is 2.20. The molecule has 1 unspecified atom stereocenters. The lowest BCUT2D eigenvalue weighted by atomic mass is 9.97. The largest absolute Gasteiger partial charge is 0.383 e. The van der Waals surface area contributed by atoms with Gasteiger partial charge in [-0.1, -0.05) is 37.6 Å². The van der Waals surface area contributed by atoms with Gasteiger partial charge in [-0.25, -0.2) is 0 Å². The Hall–Kier alpha value is -0.730. The van der Waals surface area contributed by atoms with E-state index in [1.807, 2.05) is 12.1 Å². The molecule has 1 aliphatic rings. The number of rotatable bonds is 3. The maximum Gasteiger partial charge on any atom is 0.0640 e. The zero-order valence-electron chi connectivity index (χ0n) is 9.89. The molecule has 0 saturated heterocycles. The Morgan fingerprint density at radius 3 is 3.06 bits per heavy atom. The summed E-state index contributed by atoms with van der Waals surface area (Å²) in [6.45, 7) is 6.50. The first kappa shape index (κ1) is 11.7. The van der Waals surface area contributed by atoms with E-state index < -0.39 is 0 Å². The van der Waals surface area contributed by atoms with Crippen molar-refractivity contribution in [1.82, 2.24) is 5.32 Å². The van der Waals surface area contributed by atoms with Crippen molar-refractivity contribution in [3.8, 4) is 0 Å². The topological polar surface area (TPSA) is 24.1 Å². The van der Waals surface area contributed by atoms with Crippen LogP contribution in [0.5, 0.6) is 0 Å². The number of para-hydroxylation sites is 1. The van der Waals surface area contributed by atoms with Crippen molar-refractivity contribution < 1.29 is 0 Å². The van der Waals surface area contributed by atoms with Crippen LogP contribution in [0.3, 0.4) is 0 Å². The highest BCUT2D eigenvalue weighted by Crippen LogP contribution is 2.34. The fourth-order valence-electron chi connectivity index (χ4n) is 2.10. The SMILES string of the molecule is CC(C)CNC1CCNc2c(Cl)cccc21. The van der Waals surface area contributed by atoms with Crippen molar-refractivity contribution >= 4 is 17.3 Å². The summed E-state index contributed by atoms with van der Waals surface area (Å²) < 4.78 is 0. The zero-order valence-corrected chi connectivity index (χ0v) is 10.6. The number of nitrogens with one attached hydrogen (secondary N) is 2. The monoisotopic (exact) mass is 238 g/mol. The normalized spacial score (nSPS) is 19.4. The summed E-state index contributed by atoms with van der Waals surface area (Å²) in [5.41, 5.74) is 2.41. The summed E-state index contributed by atoms with van der Waals surface area (Å²) in [6, 6.07) is 6.57. The van der Waals surface area contributed by atoms with Crippen molar-refractivity contribution in [2.24, 2.45) is 5.92 Å². The van der Waals surface area contributed by atoms with Crippen molar-refractivity contribution in [1.29, 1.82) is 0 Å². The molecule has 3 heteroatoms. The van der Waals surface area contributed by atoms with Crippen LogP contribution in [0.1, 0.15) is 31.9 Å². The lowest BCUT2D eigenvalue weighted by Gasteiger charge is -2.28. The molecular weight excluding hydrogens is 220 g/mol. The molecule has 1 aromatic rings. The molecule has 1 heterocycles. The molecule has 16 heavy (non-hydrogen) atoms. The molecule has 0 aromatic heterocycles. The predicted octanol–water partition coefficient (Wildman–Crippen LogP) is 3.44. The van der Waals surface area contributed by atoms with Gasteiger partial charge in [0, 0.05) is 12.6 Å². The molecule has 1 aliphatic heterocycles. The van der Waals surface area contributed by atoms with Gasteiger partial charge in [-0.2, -0.15) is 0 Å². The quantitative estimate of drug-likeness (QED) is 0.843. The van der Waals surface area contributed by atoms with E-state index in [4.69, 9.17) is 11.6 Å². The van der Waals surface area contributed by atoms with Gasteiger partial charge < -0.3 is 10.6 Å². The molecule has 1 aromatic carbocycles. The van der Waals surface area contributed by atoms with Crippen molar-refractivity contribution in [2.75, 3.05) is 18.4 Å². The maximum atomic E-state index is 6.18. The molecular formula is C13H19ClN2. The Kier molecular flexibility index (Phi) is 3.72. The highest BCUT2D eigenvalue weighted by molar-refractivity contribution is 6.33. The van der Waals surface area contributed by atoms with Crippen LogP contribution in [-0.2, 0) is 0 Å². The summed E-state index contributed by atoms with van der Waals surface area (Å²) >= 11 is 6.18. The summed E-state index contributed by atoms with van der Waals surface area (Å²) in [6.07, 6.45) is 1.13. The molecule has 2 rings (SSSR count). The second kappa shape index (κ2) is 5.07. The van der Waals surface area contributed by atoms with Crippen LogP contribution in [0.2, 0.25) is 5.02 Å². The summed E-state index contributed by atoms with van der Waals surface area (Å²) in [5.74, 6) is 0.678. The van der Waals surface area contributed by atoms with Crippen LogP contribution < -0.4 is 10.6 Å². The van der Waals surface area contributed by atoms with Crippen LogP contribution in [0.25, 0.3) is 0 Å². The van der Waals surface area contributed by atoms with E-state index in [0.717, 1.165) is 30.2 Å². The van der Waals surface area contributed by atoms with Gasteiger partial charge in [0.05, 0.1) is 10.7 Å². The van der Waals surface area contributed by atoms with Gasteiger partial charge in [-0.3, -0.25) is 0 Å². The summed E-state index contributed by atoms with van der Waals surface area (Å²) in [5, 5.41) is 7.81. The number of fused-ring (bicyclic) bond motifs is 1. The second-order valence-corrected chi connectivity index (χ2v) is 5.18. The Balaban J connectivity index is 2.16. The molecule has 0 aliphatic carbocycles. The van der Waals surface area contributed by atoms with Crippen LogP contribution in [0.15, 0.2) is 18.2 Å². The Bertz CT molecular complexity index is 363. The fourth-order valence-corrected chi connectivity index (χ4v) is 2.35. The highest BCUT2D eigenvalue weighted by atomic mass is 35.5. The van der Waals surface area contributed by atoms with Gasteiger partial charge in [0.2, 0.25) is 0 Å². The molecule has 0 spiro atoms. The first-order valence-corrected chi connectivity index (χ1v) is 6.32. The van der Waals surface area contributed by atoms with Gasteiger partial charge in [0.25, 0.3) is 0 Å². The molecule has 0 radical (unpaired) electrons. The van der Waals surface area contributed by atoms with Crippen LogP contribution in [-0.4, -0.2) is 13.1 Å². The number of hydrogen-bond donors (Lipinski definition) is 2.